The monoisotopic (exact) mass is 262 g/mol. The molecule has 3 aromatic rings. The zero-order chi connectivity index (χ0) is 13.9. The van der Waals surface area contributed by atoms with Crippen LogP contribution < -0.4 is 10.5 Å². The van der Waals surface area contributed by atoms with E-state index >= 15 is 0 Å². The van der Waals surface area contributed by atoms with E-state index in [4.69, 9.17) is 15.7 Å². The molecule has 0 aliphatic carbocycles. The van der Waals surface area contributed by atoms with Crippen LogP contribution >= 0.6 is 0 Å². The fourth-order valence-electron chi connectivity index (χ4n) is 1.87. The van der Waals surface area contributed by atoms with Crippen molar-refractivity contribution in [1.82, 2.24) is 9.97 Å². The molecule has 0 unspecified atom stereocenters. The molecule has 0 amide bonds. The number of benzene rings is 1. The average molecular weight is 262 g/mol. The SMILES string of the molecule is N#Cc1ccc(Oc2ccc(N)c3cccnc23)nc1. The molecule has 5 heteroatoms. The summed E-state index contributed by atoms with van der Waals surface area (Å²) in [5.41, 5.74) is 7.72. The number of fused-ring (bicyclic) bond motifs is 1. The van der Waals surface area contributed by atoms with Crippen molar-refractivity contribution in [3.63, 3.8) is 0 Å². The van der Waals surface area contributed by atoms with E-state index in [0.717, 1.165) is 5.39 Å². The van der Waals surface area contributed by atoms with Crippen LogP contribution in [0.25, 0.3) is 10.9 Å². The molecule has 20 heavy (non-hydrogen) atoms. The van der Waals surface area contributed by atoms with Crippen LogP contribution in [0, 0.1) is 11.3 Å². The number of nitriles is 1. The fourth-order valence-corrected chi connectivity index (χ4v) is 1.87. The van der Waals surface area contributed by atoms with Crippen molar-refractivity contribution in [3.05, 3.63) is 54.4 Å². The highest BCUT2D eigenvalue weighted by atomic mass is 16.5. The van der Waals surface area contributed by atoms with E-state index in [0.29, 0.717) is 28.4 Å². The molecule has 96 valence electrons. The predicted molar refractivity (Wildman–Crippen MR) is 75.2 cm³/mol. The maximum Gasteiger partial charge on any atom is 0.219 e. The van der Waals surface area contributed by atoms with E-state index in [-0.39, 0.29) is 0 Å². The summed E-state index contributed by atoms with van der Waals surface area (Å²) in [6.07, 6.45) is 3.14. The van der Waals surface area contributed by atoms with Crippen molar-refractivity contribution < 1.29 is 4.74 Å². The first-order chi connectivity index (χ1) is 9.78. The summed E-state index contributed by atoms with van der Waals surface area (Å²) in [5.74, 6) is 0.979. The molecule has 2 aromatic heterocycles. The lowest BCUT2D eigenvalue weighted by atomic mass is 10.2. The summed E-state index contributed by atoms with van der Waals surface area (Å²) in [6.45, 7) is 0. The van der Waals surface area contributed by atoms with E-state index < -0.39 is 0 Å². The van der Waals surface area contributed by atoms with Gasteiger partial charge in [-0.3, -0.25) is 4.98 Å². The highest BCUT2D eigenvalue weighted by molar-refractivity contribution is 5.94. The van der Waals surface area contributed by atoms with Gasteiger partial charge in [-0.2, -0.15) is 5.26 Å². The smallest absolute Gasteiger partial charge is 0.219 e. The lowest BCUT2D eigenvalue weighted by Crippen LogP contribution is -1.93. The number of nitrogen functional groups attached to an aromatic ring is 1. The van der Waals surface area contributed by atoms with Gasteiger partial charge in [-0.1, -0.05) is 0 Å². The molecule has 0 aliphatic rings. The second-order valence-electron chi connectivity index (χ2n) is 4.15. The average Bonchev–Trinajstić information content (AvgIpc) is 2.51. The van der Waals surface area contributed by atoms with Gasteiger partial charge >= 0.3 is 0 Å². The lowest BCUT2D eigenvalue weighted by Gasteiger charge is -2.08. The van der Waals surface area contributed by atoms with Gasteiger partial charge in [0, 0.05) is 29.5 Å². The minimum absolute atomic E-state index is 0.403. The molecule has 0 aliphatic heterocycles. The van der Waals surface area contributed by atoms with Crippen molar-refractivity contribution in [2.45, 2.75) is 0 Å². The van der Waals surface area contributed by atoms with E-state index in [2.05, 4.69) is 9.97 Å². The van der Waals surface area contributed by atoms with Gasteiger partial charge in [0.25, 0.3) is 0 Å². The van der Waals surface area contributed by atoms with Gasteiger partial charge in [-0.05, 0) is 30.3 Å². The minimum atomic E-state index is 0.403. The third kappa shape index (κ3) is 2.10. The number of hydrogen-bond donors (Lipinski definition) is 1. The van der Waals surface area contributed by atoms with E-state index in [9.17, 15) is 0 Å². The van der Waals surface area contributed by atoms with Gasteiger partial charge in [-0.15, -0.1) is 0 Å². The Morgan fingerprint density at radius 2 is 2.00 bits per heavy atom. The lowest BCUT2D eigenvalue weighted by molar-refractivity contribution is 0.467. The molecular formula is C15H10N4O. The third-order valence-corrected chi connectivity index (χ3v) is 2.85. The summed E-state index contributed by atoms with van der Waals surface area (Å²) < 4.78 is 5.71. The van der Waals surface area contributed by atoms with Crippen molar-refractivity contribution >= 4 is 16.6 Å². The third-order valence-electron chi connectivity index (χ3n) is 2.85. The summed E-state index contributed by atoms with van der Waals surface area (Å²) >= 11 is 0. The van der Waals surface area contributed by atoms with Gasteiger partial charge in [-0.25, -0.2) is 4.98 Å². The number of anilines is 1. The van der Waals surface area contributed by atoms with Crippen LogP contribution in [-0.2, 0) is 0 Å². The molecule has 0 saturated carbocycles. The number of ether oxygens (including phenoxy) is 1. The topological polar surface area (TPSA) is 84.8 Å². The molecule has 0 saturated heterocycles. The molecule has 2 heterocycles. The van der Waals surface area contributed by atoms with Gasteiger partial charge in [0.05, 0.1) is 5.56 Å². The minimum Gasteiger partial charge on any atom is -0.437 e. The molecule has 2 N–H and O–H groups in total. The Morgan fingerprint density at radius 3 is 2.75 bits per heavy atom. The first-order valence-corrected chi connectivity index (χ1v) is 5.95. The van der Waals surface area contributed by atoms with Crippen LogP contribution in [0.4, 0.5) is 5.69 Å². The first kappa shape index (κ1) is 11.9. The van der Waals surface area contributed by atoms with Crippen LogP contribution in [0.15, 0.2) is 48.8 Å². The largest absolute Gasteiger partial charge is 0.437 e. The van der Waals surface area contributed by atoms with Crippen LogP contribution in [0.1, 0.15) is 5.56 Å². The Labute approximate surface area is 115 Å². The summed E-state index contributed by atoms with van der Waals surface area (Å²) in [6, 6.07) is 12.5. The quantitative estimate of drug-likeness (QED) is 0.718. The first-order valence-electron chi connectivity index (χ1n) is 5.95. The second-order valence-corrected chi connectivity index (χ2v) is 4.15. The summed E-state index contributed by atoms with van der Waals surface area (Å²) in [5, 5.41) is 9.57. The maximum atomic E-state index is 8.74. The van der Waals surface area contributed by atoms with Crippen LogP contribution in [0.5, 0.6) is 11.6 Å². The summed E-state index contributed by atoms with van der Waals surface area (Å²) in [4.78, 5) is 8.36. The molecule has 0 radical (unpaired) electrons. The molecule has 3 rings (SSSR count). The number of aromatic nitrogens is 2. The molecule has 1 aromatic carbocycles. The normalized spacial score (nSPS) is 10.2. The predicted octanol–water partition coefficient (Wildman–Crippen LogP) is 2.88. The van der Waals surface area contributed by atoms with Crippen LogP contribution in [-0.4, -0.2) is 9.97 Å². The van der Waals surface area contributed by atoms with Crippen molar-refractivity contribution in [3.8, 4) is 17.7 Å². The fraction of sp³-hybridized carbons (Fsp3) is 0. The Hall–Kier alpha value is -3.13. The molecule has 5 nitrogen and oxygen atoms in total. The Kier molecular flexibility index (Phi) is 2.90. The number of nitrogens with zero attached hydrogens (tertiary/aromatic N) is 3. The standard InChI is InChI=1S/C15H10N4O/c16-8-10-3-6-14(19-9-10)20-13-5-4-12(17)11-2-1-7-18-15(11)13/h1-7,9H,17H2. The van der Waals surface area contributed by atoms with Gasteiger partial charge < -0.3 is 10.5 Å². The number of pyridine rings is 2. The highest BCUT2D eigenvalue weighted by Crippen LogP contribution is 2.30. The molecule has 0 spiro atoms. The molecule has 0 bridgehead atoms. The molecule has 0 atom stereocenters. The maximum absolute atomic E-state index is 8.74. The van der Waals surface area contributed by atoms with E-state index in [1.165, 1.54) is 6.20 Å². The Morgan fingerprint density at radius 1 is 1.10 bits per heavy atom. The number of hydrogen-bond acceptors (Lipinski definition) is 5. The van der Waals surface area contributed by atoms with Crippen LogP contribution in [0.3, 0.4) is 0 Å². The van der Waals surface area contributed by atoms with Crippen LogP contribution in [0.2, 0.25) is 0 Å². The zero-order valence-corrected chi connectivity index (χ0v) is 10.4. The van der Waals surface area contributed by atoms with Crippen molar-refractivity contribution in [2.75, 3.05) is 5.73 Å². The Balaban J connectivity index is 2.02. The zero-order valence-electron chi connectivity index (χ0n) is 10.4. The van der Waals surface area contributed by atoms with Gasteiger partial charge in [0.15, 0.2) is 5.75 Å². The molecule has 0 fully saturated rings. The van der Waals surface area contributed by atoms with Gasteiger partial charge in [0.1, 0.15) is 11.6 Å². The van der Waals surface area contributed by atoms with E-state index in [1.807, 2.05) is 18.2 Å². The van der Waals surface area contributed by atoms with Gasteiger partial charge in [0.2, 0.25) is 5.88 Å². The summed E-state index contributed by atoms with van der Waals surface area (Å²) in [7, 11) is 0. The van der Waals surface area contributed by atoms with Crippen molar-refractivity contribution in [1.29, 1.82) is 5.26 Å². The Bertz CT molecular complexity index is 806. The number of rotatable bonds is 2. The molecular weight excluding hydrogens is 252 g/mol. The highest BCUT2D eigenvalue weighted by Gasteiger charge is 2.07. The van der Waals surface area contributed by atoms with Crippen molar-refractivity contribution in [2.24, 2.45) is 0 Å². The number of nitrogens with two attached hydrogens (primary N) is 1. The van der Waals surface area contributed by atoms with E-state index in [1.54, 1.807) is 30.5 Å². The second kappa shape index (κ2) is 4.86.